The molecule has 1 aromatic rings. The van der Waals surface area contributed by atoms with Gasteiger partial charge in [0.05, 0.1) is 4.90 Å². The summed E-state index contributed by atoms with van der Waals surface area (Å²) in [5.41, 5.74) is 1.04. The lowest BCUT2D eigenvalue weighted by Gasteiger charge is -2.09. The van der Waals surface area contributed by atoms with Crippen LogP contribution in [0.15, 0.2) is 27.6 Å². The van der Waals surface area contributed by atoms with E-state index in [2.05, 4.69) is 26.0 Å². The minimum Gasteiger partial charge on any atom is -0.316 e. The number of hydrogen-bond acceptors (Lipinski definition) is 3. The van der Waals surface area contributed by atoms with Gasteiger partial charge in [-0.05, 0) is 53.0 Å². The number of halogens is 1. The third-order valence-corrected chi connectivity index (χ3v) is 5.55. The van der Waals surface area contributed by atoms with Gasteiger partial charge < -0.3 is 5.32 Å². The second-order valence-corrected chi connectivity index (χ2v) is 7.27. The van der Waals surface area contributed by atoms with E-state index in [1.165, 1.54) is 0 Å². The molecule has 1 saturated carbocycles. The highest BCUT2D eigenvalue weighted by Gasteiger charge is 2.36. The summed E-state index contributed by atoms with van der Waals surface area (Å²) in [5, 5.41) is 3.03. The molecule has 1 fully saturated rings. The number of hydrogen-bond donors (Lipinski definition) is 2. The Labute approximate surface area is 116 Å². The molecule has 0 saturated heterocycles. The summed E-state index contributed by atoms with van der Waals surface area (Å²) >= 11 is 3.33. The predicted molar refractivity (Wildman–Crippen MR) is 74.8 cm³/mol. The van der Waals surface area contributed by atoms with E-state index < -0.39 is 10.0 Å². The molecule has 1 aromatic carbocycles. The number of nitrogens with one attached hydrogen (secondary N) is 2. The molecular formula is C12H17BrN2O2S. The number of benzene rings is 1. The molecule has 0 aliphatic heterocycles. The number of rotatable bonds is 5. The van der Waals surface area contributed by atoms with Crippen LogP contribution in [0.3, 0.4) is 0 Å². The largest absolute Gasteiger partial charge is 0.316 e. The van der Waals surface area contributed by atoms with Crippen molar-refractivity contribution in [2.24, 2.45) is 5.92 Å². The first-order valence-corrected chi connectivity index (χ1v) is 8.17. The van der Waals surface area contributed by atoms with Crippen molar-refractivity contribution < 1.29 is 8.42 Å². The Morgan fingerprint density at radius 3 is 2.61 bits per heavy atom. The van der Waals surface area contributed by atoms with Crippen molar-refractivity contribution in [3.05, 3.63) is 28.2 Å². The van der Waals surface area contributed by atoms with Gasteiger partial charge in [0.15, 0.2) is 0 Å². The van der Waals surface area contributed by atoms with Crippen molar-refractivity contribution in [1.82, 2.24) is 10.0 Å². The Kier molecular flexibility index (Phi) is 4.11. The Bertz CT molecular complexity index is 545. The lowest BCUT2D eigenvalue weighted by molar-refractivity contribution is 0.578. The highest BCUT2D eigenvalue weighted by atomic mass is 79.9. The van der Waals surface area contributed by atoms with Crippen molar-refractivity contribution in [2.45, 2.75) is 30.8 Å². The van der Waals surface area contributed by atoms with Crippen molar-refractivity contribution >= 4 is 26.0 Å². The highest BCUT2D eigenvalue weighted by Crippen LogP contribution is 2.32. The van der Waals surface area contributed by atoms with Gasteiger partial charge in [0, 0.05) is 17.1 Å². The van der Waals surface area contributed by atoms with E-state index in [1.54, 1.807) is 6.07 Å². The zero-order chi connectivity index (χ0) is 13.3. The summed E-state index contributed by atoms with van der Waals surface area (Å²) in [7, 11) is -1.55. The minimum absolute atomic E-state index is 0.0962. The first-order valence-electron chi connectivity index (χ1n) is 5.89. The fraction of sp³-hybridized carbons (Fsp3) is 0.500. The molecule has 4 nitrogen and oxygen atoms in total. The second-order valence-electron chi connectivity index (χ2n) is 4.74. The molecule has 2 unspecified atom stereocenters. The van der Waals surface area contributed by atoms with Crippen LogP contribution in [0, 0.1) is 5.92 Å². The topological polar surface area (TPSA) is 58.2 Å². The molecule has 2 N–H and O–H groups in total. The Balaban J connectivity index is 2.21. The van der Waals surface area contributed by atoms with Gasteiger partial charge in [-0.15, -0.1) is 0 Å². The number of sulfonamides is 1. The van der Waals surface area contributed by atoms with Gasteiger partial charge in [0.1, 0.15) is 0 Å². The van der Waals surface area contributed by atoms with Gasteiger partial charge in [-0.2, -0.15) is 0 Å². The summed E-state index contributed by atoms with van der Waals surface area (Å²) in [6.45, 7) is 2.75. The SMILES string of the molecule is CNCc1ccc(S(=O)(=O)NC2CC2C)c(Br)c1. The van der Waals surface area contributed by atoms with E-state index in [1.807, 2.05) is 26.1 Å². The average Bonchev–Trinajstić information content (AvgIpc) is 2.93. The van der Waals surface area contributed by atoms with Crippen LogP contribution in [0.1, 0.15) is 18.9 Å². The molecule has 0 amide bonds. The molecule has 2 rings (SSSR count). The van der Waals surface area contributed by atoms with E-state index in [0.29, 0.717) is 21.8 Å². The minimum atomic E-state index is -3.41. The summed E-state index contributed by atoms with van der Waals surface area (Å²) < 4.78 is 27.6. The molecule has 0 aromatic heterocycles. The van der Waals surface area contributed by atoms with Gasteiger partial charge >= 0.3 is 0 Å². The lowest BCUT2D eigenvalue weighted by atomic mass is 10.2. The molecule has 0 spiro atoms. The van der Waals surface area contributed by atoms with Gasteiger partial charge in [0.25, 0.3) is 0 Å². The van der Waals surface area contributed by atoms with Crippen LogP contribution in [-0.4, -0.2) is 21.5 Å². The molecule has 1 aliphatic carbocycles. The maximum atomic E-state index is 12.2. The zero-order valence-corrected chi connectivity index (χ0v) is 12.8. The Morgan fingerprint density at radius 1 is 1.44 bits per heavy atom. The monoisotopic (exact) mass is 332 g/mol. The van der Waals surface area contributed by atoms with Gasteiger partial charge in [-0.25, -0.2) is 13.1 Å². The average molecular weight is 333 g/mol. The standard InChI is InChI=1S/C12H17BrN2O2S/c1-8-5-11(8)15-18(16,17)12-4-3-9(7-14-2)6-10(12)13/h3-4,6,8,11,14-15H,5,7H2,1-2H3. The normalized spacial score (nSPS) is 23.1. The second kappa shape index (κ2) is 5.28. The first kappa shape index (κ1) is 14.0. The maximum Gasteiger partial charge on any atom is 0.241 e. The van der Waals surface area contributed by atoms with E-state index in [0.717, 1.165) is 12.0 Å². The van der Waals surface area contributed by atoms with Crippen molar-refractivity contribution in [3.63, 3.8) is 0 Å². The molecule has 0 radical (unpaired) electrons. The third-order valence-electron chi connectivity index (χ3n) is 3.08. The third kappa shape index (κ3) is 3.12. The van der Waals surface area contributed by atoms with E-state index >= 15 is 0 Å². The molecule has 2 atom stereocenters. The van der Waals surface area contributed by atoms with Crippen molar-refractivity contribution in [3.8, 4) is 0 Å². The van der Waals surface area contributed by atoms with Crippen LogP contribution in [0.5, 0.6) is 0 Å². The molecule has 100 valence electrons. The van der Waals surface area contributed by atoms with E-state index in [4.69, 9.17) is 0 Å². The summed E-state index contributed by atoms with van der Waals surface area (Å²) in [6.07, 6.45) is 0.925. The molecule has 0 heterocycles. The van der Waals surface area contributed by atoms with E-state index in [-0.39, 0.29) is 6.04 Å². The van der Waals surface area contributed by atoms with Gasteiger partial charge in [-0.3, -0.25) is 0 Å². The van der Waals surface area contributed by atoms with Crippen LogP contribution in [-0.2, 0) is 16.6 Å². The summed E-state index contributed by atoms with van der Waals surface area (Å²) in [4.78, 5) is 0.307. The van der Waals surface area contributed by atoms with E-state index in [9.17, 15) is 8.42 Å². The van der Waals surface area contributed by atoms with Crippen LogP contribution in [0.25, 0.3) is 0 Å². The van der Waals surface area contributed by atoms with Gasteiger partial charge in [0.2, 0.25) is 10.0 Å². The van der Waals surface area contributed by atoms with Crippen LogP contribution >= 0.6 is 15.9 Å². The molecular weight excluding hydrogens is 316 g/mol. The predicted octanol–water partition coefficient (Wildman–Crippen LogP) is 1.86. The smallest absolute Gasteiger partial charge is 0.241 e. The van der Waals surface area contributed by atoms with Crippen LogP contribution in [0.4, 0.5) is 0 Å². The molecule has 18 heavy (non-hydrogen) atoms. The fourth-order valence-corrected chi connectivity index (χ4v) is 4.31. The molecule has 1 aliphatic rings. The van der Waals surface area contributed by atoms with Gasteiger partial charge in [-0.1, -0.05) is 13.0 Å². The van der Waals surface area contributed by atoms with Crippen molar-refractivity contribution in [2.75, 3.05) is 7.05 Å². The highest BCUT2D eigenvalue weighted by molar-refractivity contribution is 9.10. The first-order chi connectivity index (χ1) is 8.44. The fourth-order valence-electron chi connectivity index (χ4n) is 1.83. The zero-order valence-electron chi connectivity index (χ0n) is 10.4. The Morgan fingerprint density at radius 2 is 2.11 bits per heavy atom. The van der Waals surface area contributed by atoms with Crippen LogP contribution < -0.4 is 10.0 Å². The quantitative estimate of drug-likeness (QED) is 0.865. The molecule has 0 bridgehead atoms. The Hall–Kier alpha value is -0.430. The maximum absolute atomic E-state index is 12.2. The van der Waals surface area contributed by atoms with Crippen LogP contribution in [0.2, 0.25) is 0 Å². The van der Waals surface area contributed by atoms with Crippen molar-refractivity contribution in [1.29, 1.82) is 0 Å². The summed E-state index contributed by atoms with van der Waals surface area (Å²) in [6, 6.07) is 5.40. The molecule has 6 heteroatoms. The lowest BCUT2D eigenvalue weighted by Crippen LogP contribution is -2.27. The summed E-state index contributed by atoms with van der Waals surface area (Å²) in [5.74, 6) is 0.446.